The van der Waals surface area contributed by atoms with Crippen molar-refractivity contribution in [2.24, 2.45) is 0 Å². The number of nitrogens with one attached hydrogen (secondary N) is 1. The summed E-state index contributed by atoms with van der Waals surface area (Å²) in [6, 6.07) is 13.8. The number of hydrogen-bond acceptors (Lipinski definition) is 1. The Morgan fingerprint density at radius 2 is 1.96 bits per heavy atom. The fourth-order valence-corrected chi connectivity index (χ4v) is 3.30. The lowest BCUT2D eigenvalue weighted by Gasteiger charge is -2.21. The van der Waals surface area contributed by atoms with Crippen molar-refractivity contribution in [3.05, 3.63) is 64.3 Å². The van der Waals surface area contributed by atoms with Crippen LogP contribution in [0.2, 0.25) is 5.02 Å². The van der Waals surface area contributed by atoms with Crippen LogP contribution in [0.5, 0.6) is 0 Å². The summed E-state index contributed by atoms with van der Waals surface area (Å²) in [4.78, 5) is 18.1. The van der Waals surface area contributed by atoms with Gasteiger partial charge in [0.15, 0.2) is 0 Å². The largest absolute Gasteiger partial charge is 0.358 e. The van der Waals surface area contributed by atoms with Crippen molar-refractivity contribution in [1.29, 1.82) is 0 Å². The first-order valence-electron chi connectivity index (χ1n) is 8.13. The summed E-state index contributed by atoms with van der Waals surface area (Å²) in [5.74, 6) is 0.0899. The fourth-order valence-electron chi connectivity index (χ4n) is 3.13. The van der Waals surface area contributed by atoms with Gasteiger partial charge in [-0.3, -0.25) is 4.79 Å². The number of fused-ring (bicyclic) bond motifs is 1. The van der Waals surface area contributed by atoms with Crippen molar-refractivity contribution in [1.82, 2.24) is 4.98 Å². The van der Waals surface area contributed by atoms with Crippen LogP contribution in [0.3, 0.4) is 0 Å². The van der Waals surface area contributed by atoms with Crippen LogP contribution in [0, 0.1) is 13.8 Å². The maximum atomic E-state index is 12.9. The molecule has 24 heavy (non-hydrogen) atoms. The molecule has 0 unspecified atom stereocenters. The Bertz CT molecular complexity index is 898. The van der Waals surface area contributed by atoms with Crippen LogP contribution in [0.25, 0.3) is 10.9 Å². The molecule has 3 nitrogen and oxygen atoms in total. The first-order chi connectivity index (χ1) is 11.5. The average Bonchev–Trinajstić information content (AvgIpc) is 2.84. The number of H-pyrrole nitrogens is 1. The van der Waals surface area contributed by atoms with Gasteiger partial charge in [-0.05, 0) is 62.2 Å². The zero-order valence-corrected chi connectivity index (χ0v) is 14.9. The Kier molecular flexibility index (Phi) is 4.63. The van der Waals surface area contributed by atoms with Gasteiger partial charge in [-0.2, -0.15) is 0 Å². The molecule has 4 heteroatoms. The monoisotopic (exact) mass is 340 g/mol. The predicted octanol–water partition coefficient (Wildman–Crippen LogP) is 5.03. The number of carbonyl (C=O) groups excluding carboxylic acids is 1. The molecular weight excluding hydrogens is 320 g/mol. The third-order valence-electron chi connectivity index (χ3n) is 4.34. The van der Waals surface area contributed by atoms with E-state index in [4.69, 9.17) is 11.6 Å². The number of nitrogens with zero attached hydrogens (tertiary/aromatic N) is 1. The van der Waals surface area contributed by atoms with Crippen molar-refractivity contribution in [2.75, 3.05) is 11.4 Å². The molecule has 2 aromatic carbocycles. The van der Waals surface area contributed by atoms with E-state index in [0.29, 0.717) is 18.0 Å². The van der Waals surface area contributed by atoms with Crippen LogP contribution in [-0.4, -0.2) is 17.4 Å². The second-order valence-electron chi connectivity index (χ2n) is 6.07. The second-order valence-corrected chi connectivity index (χ2v) is 6.51. The first kappa shape index (κ1) is 16.6. The number of likely N-dealkylation sites (N-methyl/N-ethyl adjacent to an activating group) is 1. The summed E-state index contributed by atoms with van der Waals surface area (Å²) >= 11 is 6.13. The minimum absolute atomic E-state index is 0.0899. The van der Waals surface area contributed by atoms with Gasteiger partial charge < -0.3 is 9.88 Å². The van der Waals surface area contributed by atoms with E-state index in [1.807, 2.05) is 68.1 Å². The Morgan fingerprint density at radius 1 is 1.17 bits per heavy atom. The molecule has 1 N–H and O–H groups in total. The number of amides is 1. The molecule has 0 atom stereocenters. The van der Waals surface area contributed by atoms with Crippen LogP contribution < -0.4 is 4.90 Å². The number of aryl methyl sites for hydroxylation is 2. The first-order valence-corrected chi connectivity index (χ1v) is 8.51. The van der Waals surface area contributed by atoms with Gasteiger partial charge in [0.05, 0.1) is 6.42 Å². The van der Waals surface area contributed by atoms with Gasteiger partial charge in [0.1, 0.15) is 0 Å². The highest BCUT2D eigenvalue weighted by molar-refractivity contribution is 6.31. The Labute approximate surface area is 147 Å². The van der Waals surface area contributed by atoms with Gasteiger partial charge in [-0.15, -0.1) is 0 Å². The molecule has 0 radical (unpaired) electrons. The van der Waals surface area contributed by atoms with Crippen LogP contribution in [0.4, 0.5) is 5.69 Å². The summed E-state index contributed by atoms with van der Waals surface area (Å²) in [5.41, 5.74) is 5.13. The maximum absolute atomic E-state index is 12.9. The normalized spacial score (nSPS) is 11.0. The Balaban J connectivity index is 1.94. The molecule has 3 aromatic rings. The average molecular weight is 341 g/mol. The van der Waals surface area contributed by atoms with E-state index >= 15 is 0 Å². The van der Waals surface area contributed by atoms with E-state index in [1.165, 1.54) is 0 Å². The molecule has 0 saturated carbocycles. The van der Waals surface area contributed by atoms with Gasteiger partial charge in [-0.25, -0.2) is 0 Å². The summed E-state index contributed by atoms with van der Waals surface area (Å²) in [7, 11) is 0. The number of carbonyl (C=O) groups is 1. The highest BCUT2D eigenvalue weighted by Gasteiger charge is 2.18. The molecule has 0 fully saturated rings. The van der Waals surface area contributed by atoms with Crippen molar-refractivity contribution in [3.8, 4) is 0 Å². The van der Waals surface area contributed by atoms with Crippen LogP contribution in [0.15, 0.2) is 42.5 Å². The summed E-state index contributed by atoms with van der Waals surface area (Å²) in [6.45, 7) is 6.68. The maximum Gasteiger partial charge on any atom is 0.231 e. The number of benzene rings is 2. The number of hydrogen-bond donors (Lipinski definition) is 1. The minimum atomic E-state index is 0.0899. The number of aromatic amines is 1. The Hall–Kier alpha value is -2.26. The van der Waals surface area contributed by atoms with E-state index in [9.17, 15) is 4.79 Å². The molecular formula is C20H21ClN2O. The molecule has 1 heterocycles. The minimum Gasteiger partial charge on any atom is -0.358 e. The molecule has 1 amide bonds. The SMILES string of the molecule is CCN(C(=O)Cc1c(C)[nH]c2ccc(Cl)cc12)c1cccc(C)c1. The van der Waals surface area contributed by atoms with Gasteiger partial charge in [0, 0.05) is 33.9 Å². The summed E-state index contributed by atoms with van der Waals surface area (Å²) in [6.07, 6.45) is 0.355. The zero-order chi connectivity index (χ0) is 17.3. The lowest BCUT2D eigenvalue weighted by molar-refractivity contribution is -0.117. The zero-order valence-electron chi connectivity index (χ0n) is 14.2. The predicted molar refractivity (Wildman–Crippen MR) is 101 cm³/mol. The fraction of sp³-hybridized carbons (Fsp3) is 0.250. The number of anilines is 1. The van der Waals surface area contributed by atoms with Crippen molar-refractivity contribution < 1.29 is 4.79 Å². The topological polar surface area (TPSA) is 36.1 Å². The van der Waals surface area contributed by atoms with E-state index in [1.54, 1.807) is 0 Å². The molecule has 0 saturated heterocycles. The van der Waals surface area contributed by atoms with Gasteiger partial charge in [0.25, 0.3) is 0 Å². The van der Waals surface area contributed by atoms with E-state index in [0.717, 1.165) is 33.4 Å². The molecule has 0 aliphatic rings. The Morgan fingerprint density at radius 3 is 2.67 bits per heavy atom. The van der Waals surface area contributed by atoms with Gasteiger partial charge >= 0.3 is 0 Å². The molecule has 0 bridgehead atoms. The molecule has 3 rings (SSSR count). The lowest BCUT2D eigenvalue weighted by atomic mass is 10.1. The number of rotatable bonds is 4. The standard InChI is InChI=1S/C20H21ClN2O/c1-4-23(16-7-5-6-13(2)10-16)20(24)12-17-14(3)22-19-9-8-15(21)11-18(17)19/h5-11,22H,4,12H2,1-3H3. The lowest BCUT2D eigenvalue weighted by Crippen LogP contribution is -2.32. The van der Waals surface area contributed by atoms with Gasteiger partial charge in [-0.1, -0.05) is 23.7 Å². The molecule has 1 aromatic heterocycles. The quantitative estimate of drug-likeness (QED) is 0.710. The van der Waals surface area contributed by atoms with E-state index in [-0.39, 0.29) is 5.91 Å². The second kappa shape index (κ2) is 6.70. The third-order valence-corrected chi connectivity index (χ3v) is 4.58. The molecule has 124 valence electrons. The van der Waals surface area contributed by atoms with Crippen molar-refractivity contribution >= 4 is 34.1 Å². The highest BCUT2D eigenvalue weighted by atomic mass is 35.5. The van der Waals surface area contributed by atoms with Crippen LogP contribution in [-0.2, 0) is 11.2 Å². The van der Waals surface area contributed by atoms with Gasteiger partial charge in [0.2, 0.25) is 5.91 Å². The summed E-state index contributed by atoms with van der Waals surface area (Å²) in [5, 5.41) is 1.70. The van der Waals surface area contributed by atoms with E-state index < -0.39 is 0 Å². The molecule has 0 aliphatic carbocycles. The van der Waals surface area contributed by atoms with Crippen molar-refractivity contribution in [3.63, 3.8) is 0 Å². The molecule has 0 spiro atoms. The summed E-state index contributed by atoms with van der Waals surface area (Å²) < 4.78 is 0. The van der Waals surface area contributed by atoms with E-state index in [2.05, 4.69) is 4.98 Å². The molecule has 0 aliphatic heterocycles. The smallest absolute Gasteiger partial charge is 0.231 e. The number of aromatic nitrogens is 1. The van der Waals surface area contributed by atoms with Crippen LogP contribution >= 0.6 is 11.6 Å². The highest BCUT2D eigenvalue weighted by Crippen LogP contribution is 2.27. The third kappa shape index (κ3) is 3.17. The van der Waals surface area contributed by atoms with Crippen molar-refractivity contribution in [2.45, 2.75) is 27.2 Å². The number of halogens is 1. The van der Waals surface area contributed by atoms with Crippen LogP contribution in [0.1, 0.15) is 23.7 Å².